The van der Waals surface area contributed by atoms with Crippen LogP contribution in [0, 0.1) is 5.92 Å². The first-order valence-corrected chi connectivity index (χ1v) is 7.71. The van der Waals surface area contributed by atoms with Gasteiger partial charge in [0, 0.05) is 11.6 Å². The van der Waals surface area contributed by atoms with Crippen molar-refractivity contribution in [3.63, 3.8) is 0 Å². The molecule has 100 valence electrons. The Hall–Kier alpha value is -0.0800. The third-order valence-electron chi connectivity index (χ3n) is 5.18. The van der Waals surface area contributed by atoms with Gasteiger partial charge in [0.05, 0.1) is 0 Å². The molecule has 2 heteroatoms. The van der Waals surface area contributed by atoms with E-state index >= 15 is 0 Å². The highest BCUT2D eigenvalue weighted by Crippen LogP contribution is 2.41. The summed E-state index contributed by atoms with van der Waals surface area (Å²) in [6.45, 7) is 7.24. The summed E-state index contributed by atoms with van der Waals surface area (Å²) in [5, 5.41) is 0. The van der Waals surface area contributed by atoms with Crippen molar-refractivity contribution in [2.75, 3.05) is 13.1 Å². The summed E-state index contributed by atoms with van der Waals surface area (Å²) in [6.07, 6.45) is 10.8. The molecule has 0 amide bonds. The Kier molecular flexibility index (Phi) is 4.48. The molecule has 1 saturated carbocycles. The van der Waals surface area contributed by atoms with E-state index in [-0.39, 0.29) is 0 Å². The zero-order valence-corrected chi connectivity index (χ0v) is 11.8. The van der Waals surface area contributed by atoms with Crippen LogP contribution in [0.2, 0.25) is 0 Å². The van der Waals surface area contributed by atoms with Crippen molar-refractivity contribution < 1.29 is 0 Å². The summed E-state index contributed by atoms with van der Waals surface area (Å²) in [5.41, 5.74) is 7.05. The van der Waals surface area contributed by atoms with Crippen LogP contribution in [0.15, 0.2) is 0 Å². The molecule has 2 unspecified atom stereocenters. The van der Waals surface area contributed by atoms with E-state index in [1.54, 1.807) is 0 Å². The molecular formula is C15H30N2. The van der Waals surface area contributed by atoms with E-state index in [0.717, 1.165) is 0 Å². The van der Waals surface area contributed by atoms with Crippen molar-refractivity contribution in [3.05, 3.63) is 0 Å². The van der Waals surface area contributed by atoms with E-state index in [1.165, 1.54) is 64.5 Å². The van der Waals surface area contributed by atoms with Gasteiger partial charge in [-0.25, -0.2) is 0 Å². The third-order valence-corrected chi connectivity index (χ3v) is 5.18. The molecule has 2 rings (SSSR count). The minimum atomic E-state index is 0.366. The number of hydrogen-bond acceptors (Lipinski definition) is 2. The Morgan fingerprint density at radius 2 is 1.71 bits per heavy atom. The SMILES string of the molecule is CCCC(C)C(N)C1(N2CCCC2)CCCC1. The van der Waals surface area contributed by atoms with Gasteiger partial charge in [0.1, 0.15) is 0 Å². The highest BCUT2D eigenvalue weighted by molar-refractivity contribution is 5.04. The molecule has 1 heterocycles. The average Bonchev–Trinajstić information content (AvgIpc) is 2.99. The summed E-state index contributed by atoms with van der Waals surface area (Å²) < 4.78 is 0. The predicted molar refractivity (Wildman–Crippen MR) is 74.1 cm³/mol. The maximum atomic E-state index is 6.68. The zero-order chi connectivity index (χ0) is 12.3. The van der Waals surface area contributed by atoms with Crippen LogP contribution in [-0.2, 0) is 0 Å². The van der Waals surface area contributed by atoms with Gasteiger partial charge >= 0.3 is 0 Å². The topological polar surface area (TPSA) is 29.3 Å². The first-order valence-electron chi connectivity index (χ1n) is 7.71. The van der Waals surface area contributed by atoms with Crippen molar-refractivity contribution in [3.8, 4) is 0 Å². The van der Waals surface area contributed by atoms with E-state index in [0.29, 0.717) is 17.5 Å². The number of nitrogens with zero attached hydrogens (tertiary/aromatic N) is 1. The van der Waals surface area contributed by atoms with E-state index < -0.39 is 0 Å². The summed E-state index contributed by atoms with van der Waals surface area (Å²) in [4.78, 5) is 2.75. The molecule has 0 radical (unpaired) electrons. The van der Waals surface area contributed by atoms with Crippen LogP contribution in [0.4, 0.5) is 0 Å². The van der Waals surface area contributed by atoms with Crippen molar-refractivity contribution in [2.45, 2.75) is 76.8 Å². The van der Waals surface area contributed by atoms with Crippen LogP contribution in [0.25, 0.3) is 0 Å². The summed E-state index contributed by atoms with van der Waals surface area (Å²) >= 11 is 0. The van der Waals surface area contributed by atoms with Crippen molar-refractivity contribution >= 4 is 0 Å². The standard InChI is InChI=1S/C15H30N2/c1-3-8-13(2)14(16)15(9-4-5-10-15)17-11-6-7-12-17/h13-14H,3-12,16H2,1-2H3. The molecule has 1 saturated heterocycles. The van der Waals surface area contributed by atoms with Crippen LogP contribution in [0.5, 0.6) is 0 Å². The van der Waals surface area contributed by atoms with Crippen LogP contribution < -0.4 is 5.73 Å². The second-order valence-electron chi connectivity index (χ2n) is 6.30. The van der Waals surface area contributed by atoms with Crippen LogP contribution in [0.3, 0.4) is 0 Å². The first-order chi connectivity index (χ1) is 8.20. The van der Waals surface area contributed by atoms with Crippen molar-refractivity contribution in [1.29, 1.82) is 0 Å². The second kappa shape index (κ2) is 5.71. The van der Waals surface area contributed by atoms with E-state index in [2.05, 4.69) is 18.7 Å². The molecule has 0 bridgehead atoms. The molecular weight excluding hydrogens is 208 g/mol. The third kappa shape index (κ3) is 2.53. The predicted octanol–water partition coefficient (Wildman–Crippen LogP) is 3.16. The second-order valence-corrected chi connectivity index (χ2v) is 6.30. The Morgan fingerprint density at radius 1 is 1.12 bits per heavy atom. The first kappa shape index (κ1) is 13.4. The fraction of sp³-hybridized carbons (Fsp3) is 1.00. The minimum Gasteiger partial charge on any atom is -0.326 e. The number of rotatable bonds is 5. The van der Waals surface area contributed by atoms with Gasteiger partial charge in [0.25, 0.3) is 0 Å². The normalized spacial score (nSPS) is 28.4. The van der Waals surface area contributed by atoms with Crippen LogP contribution in [-0.4, -0.2) is 29.6 Å². The molecule has 2 nitrogen and oxygen atoms in total. The highest BCUT2D eigenvalue weighted by atomic mass is 15.2. The molecule has 2 atom stereocenters. The maximum Gasteiger partial charge on any atom is 0.0363 e. The number of hydrogen-bond donors (Lipinski definition) is 1. The summed E-state index contributed by atoms with van der Waals surface area (Å²) in [6, 6.07) is 0.392. The summed E-state index contributed by atoms with van der Waals surface area (Å²) in [7, 11) is 0. The van der Waals surface area contributed by atoms with E-state index in [9.17, 15) is 0 Å². The van der Waals surface area contributed by atoms with Gasteiger partial charge in [-0.3, -0.25) is 4.90 Å². The molecule has 0 aromatic heterocycles. The van der Waals surface area contributed by atoms with E-state index in [1.807, 2.05) is 0 Å². The monoisotopic (exact) mass is 238 g/mol. The lowest BCUT2D eigenvalue weighted by molar-refractivity contribution is 0.0694. The molecule has 1 aliphatic carbocycles. The molecule has 2 N–H and O–H groups in total. The fourth-order valence-corrected chi connectivity index (χ4v) is 4.17. The average molecular weight is 238 g/mol. The van der Waals surface area contributed by atoms with E-state index in [4.69, 9.17) is 5.73 Å². The lowest BCUT2D eigenvalue weighted by atomic mass is 9.78. The molecule has 2 fully saturated rings. The Bertz CT molecular complexity index is 227. The summed E-state index contributed by atoms with van der Waals surface area (Å²) in [5.74, 6) is 0.679. The quantitative estimate of drug-likeness (QED) is 0.797. The number of likely N-dealkylation sites (tertiary alicyclic amines) is 1. The lowest BCUT2D eigenvalue weighted by Gasteiger charge is -2.46. The Labute approximate surface area is 107 Å². The minimum absolute atomic E-state index is 0.366. The molecule has 0 spiro atoms. The molecule has 17 heavy (non-hydrogen) atoms. The fourth-order valence-electron chi connectivity index (χ4n) is 4.17. The molecule has 1 aliphatic heterocycles. The van der Waals surface area contributed by atoms with Gasteiger partial charge in [-0.1, -0.05) is 33.1 Å². The largest absolute Gasteiger partial charge is 0.326 e. The van der Waals surface area contributed by atoms with Crippen LogP contribution in [0.1, 0.15) is 65.2 Å². The van der Waals surface area contributed by atoms with Gasteiger partial charge in [0.2, 0.25) is 0 Å². The molecule has 0 aromatic carbocycles. The zero-order valence-electron chi connectivity index (χ0n) is 11.8. The van der Waals surface area contributed by atoms with Gasteiger partial charge < -0.3 is 5.73 Å². The van der Waals surface area contributed by atoms with Gasteiger partial charge in [-0.05, 0) is 51.1 Å². The maximum absolute atomic E-state index is 6.68. The lowest BCUT2D eigenvalue weighted by Crippen LogP contribution is -2.59. The smallest absolute Gasteiger partial charge is 0.0363 e. The number of nitrogens with two attached hydrogens (primary N) is 1. The van der Waals surface area contributed by atoms with Crippen LogP contribution >= 0.6 is 0 Å². The molecule has 2 aliphatic rings. The Morgan fingerprint density at radius 3 is 2.24 bits per heavy atom. The molecule has 0 aromatic rings. The van der Waals surface area contributed by atoms with Crippen molar-refractivity contribution in [2.24, 2.45) is 11.7 Å². The highest BCUT2D eigenvalue weighted by Gasteiger charge is 2.46. The Balaban J connectivity index is 2.09. The van der Waals surface area contributed by atoms with Gasteiger partial charge in [-0.2, -0.15) is 0 Å². The van der Waals surface area contributed by atoms with Gasteiger partial charge in [0.15, 0.2) is 0 Å². The van der Waals surface area contributed by atoms with Gasteiger partial charge in [-0.15, -0.1) is 0 Å². The van der Waals surface area contributed by atoms with Crippen molar-refractivity contribution in [1.82, 2.24) is 4.90 Å².